The Kier molecular flexibility index (Phi) is 10.4. The van der Waals surface area contributed by atoms with Crippen LogP contribution < -0.4 is 15.5 Å². The van der Waals surface area contributed by atoms with Gasteiger partial charge in [0.2, 0.25) is 0 Å². The molecule has 0 aromatic heterocycles. The number of halogens is 1. The molecular formula is C22H38IN5. The monoisotopic (exact) mass is 499 g/mol. The number of aliphatic imine (C=N–C) groups is 1. The first-order valence-corrected chi connectivity index (χ1v) is 10.8. The third kappa shape index (κ3) is 8.15. The predicted octanol–water partition coefficient (Wildman–Crippen LogP) is 3.48. The summed E-state index contributed by atoms with van der Waals surface area (Å²) in [5.74, 6) is 1.84. The molecule has 1 aromatic rings. The van der Waals surface area contributed by atoms with Gasteiger partial charge in [0.15, 0.2) is 5.96 Å². The van der Waals surface area contributed by atoms with Gasteiger partial charge in [0.25, 0.3) is 0 Å². The van der Waals surface area contributed by atoms with Gasteiger partial charge < -0.3 is 15.5 Å². The molecule has 0 unspecified atom stereocenters. The van der Waals surface area contributed by atoms with Crippen molar-refractivity contribution in [3.63, 3.8) is 0 Å². The minimum Gasteiger partial charge on any atom is -0.369 e. The lowest BCUT2D eigenvalue weighted by Gasteiger charge is -2.36. The Labute approximate surface area is 188 Å². The topological polar surface area (TPSA) is 42.9 Å². The zero-order chi connectivity index (χ0) is 18.9. The van der Waals surface area contributed by atoms with Crippen LogP contribution in [0, 0.1) is 12.8 Å². The van der Waals surface area contributed by atoms with Crippen molar-refractivity contribution in [2.45, 2.75) is 39.5 Å². The summed E-state index contributed by atoms with van der Waals surface area (Å²) in [6.07, 6.45) is 5.17. The maximum Gasteiger partial charge on any atom is 0.191 e. The first kappa shape index (κ1) is 23.3. The largest absolute Gasteiger partial charge is 0.369 e. The molecule has 1 aromatic carbocycles. The summed E-state index contributed by atoms with van der Waals surface area (Å²) >= 11 is 0. The summed E-state index contributed by atoms with van der Waals surface area (Å²) in [7, 11) is 0. The Bertz CT molecular complexity index is 594. The van der Waals surface area contributed by atoms with Crippen molar-refractivity contribution in [3.8, 4) is 0 Å². The second-order valence-electron chi connectivity index (χ2n) is 7.96. The first-order chi connectivity index (χ1) is 13.2. The van der Waals surface area contributed by atoms with Crippen LogP contribution >= 0.6 is 24.0 Å². The predicted molar refractivity (Wildman–Crippen MR) is 131 cm³/mol. The van der Waals surface area contributed by atoms with Crippen LogP contribution in [-0.2, 0) is 0 Å². The fourth-order valence-electron chi connectivity index (χ4n) is 3.58. The Balaban J connectivity index is 0.00000280. The van der Waals surface area contributed by atoms with E-state index in [1.54, 1.807) is 0 Å². The van der Waals surface area contributed by atoms with Crippen molar-refractivity contribution in [1.29, 1.82) is 0 Å². The molecule has 3 rings (SSSR count). The van der Waals surface area contributed by atoms with Crippen LogP contribution in [0.3, 0.4) is 0 Å². The van der Waals surface area contributed by atoms with Crippen LogP contribution in [0.4, 0.5) is 5.69 Å². The third-order valence-electron chi connectivity index (χ3n) is 5.48. The average Bonchev–Trinajstić information content (AvgIpc) is 3.51. The number of hydrogen-bond acceptors (Lipinski definition) is 3. The lowest BCUT2D eigenvalue weighted by atomic mass is 10.2. The first-order valence-electron chi connectivity index (χ1n) is 10.8. The average molecular weight is 499 g/mol. The number of unbranched alkanes of at least 4 members (excludes halogenated alkanes) is 1. The highest BCUT2D eigenvalue weighted by molar-refractivity contribution is 14.0. The molecular weight excluding hydrogens is 461 g/mol. The fraction of sp³-hybridized carbons (Fsp3) is 0.682. The van der Waals surface area contributed by atoms with Crippen LogP contribution in [0.15, 0.2) is 29.3 Å². The summed E-state index contributed by atoms with van der Waals surface area (Å²) in [4.78, 5) is 9.81. The minimum atomic E-state index is 0. The van der Waals surface area contributed by atoms with Crippen molar-refractivity contribution in [1.82, 2.24) is 15.5 Å². The lowest BCUT2D eigenvalue weighted by Crippen LogP contribution is -2.46. The molecule has 2 N–H and O–H groups in total. The molecule has 2 fully saturated rings. The molecule has 2 aliphatic rings. The smallest absolute Gasteiger partial charge is 0.191 e. The highest BCUT2D eigenvalue weighted by Crippen LogP contribution is 2.28. The van der Waals surface area contributed by atoms with Gasteiger partial charge in [-0.3, -0.25) is 9.89 Å². The van der Waals surface area contributed by atoms with Crippen LogP contribution in [0.25, 0.3) is 0 Å². The molecule has 0 atom stereocenters. The molecule has 0 bridgehead atoms. The zero-order valence-corrected chi connectivity index (χ0v) is 20.0. The van der Waals surface area contributed by atoms with Gasteiger partial charge in [-0.25, -0.2) is 0 Å². The number of guanidine groups is 1. The second kappa shape index (κ2) is 12.5. The Hall–Kier alpha value is -1.02. The van der Waals surface area contributed by atoms with E-state index in [9.17, 15) is 0 Å². The van der Waals surface area contributed by atoms with Crippen molar-refractivity contribution in [2.75, 3.05) is 57.3 Å². The van der Waals surface area contributed by atoms with Gasteiger partial charge in [0.1, 0.15) is 0 Å². The van der Waals surface area contributed by atoms with E-state index in [-0.39, 0.29) is 24.0 Å². The Morgan fingerprint density at radius 2 is 1.89 bits per heavy atom. The van der Waals surface area contributed by atoms with E-state index in [4.69, 9.17) is 0 Å². The Morgan fingerprint density at radius 1 is 1.11 bits per heavy atom. The number of hydrogen-bond donors (Lipinski definition) is 2. The fourth-order valence-corrected chi connectivity index (χ4v) is 3.58. The van der Waals surface area contributed by atoms with Gasteiger partial charge in [-0.15, -0.1) is 24.0 Å². The molecule has 6 heteroatoms. The number of benzene rings is 1. The minimum absolute atomic E-state index is 0. The normalized spacial score (nSPS) is 17.9. The SMILES string of the molecule is CCNC(=NCC1CC1)NCCCCN1CCN(c2cccc(C)c2)CC1.I. The van der Waals surface area contributed by atoms with E-state index in [2.05, 4.69) is 63.5 Å². The molecule has 1 aliphatic heterocycles. The maximum atomic E-state index is 4.68. The number of piperazine rings is 1. The lowest BCUT2D eigenvalue weighted by molar-refractivity contribution is 0.253. The molecule has 5 nitrogen and oxygen atoms in total. The molecule has 1 aliphatic carbocycles. The second-order valence-corrected chi connectivity index (χ2v) is 7.96. The van der Waals surface area contributed by atoms with E-state index in [1.165, 1.54) is 56.6 Å². The van der Waals surface area contributed by atoms with Crippen molar-refractivity contribution in [2.24, 2.45) is 10.9 Å². The van der Waals surface area contributed by atoms with Gasteiger partial charge in [-0.2, -0.15) is 0 Å². The highest BCUT2D eigenvalue weighted by Gasteiger charge is 2.20. The number of anilines is 1. The summed E-state index contributed by atoms with van der Waals surface area (Å²) in [6.45, 7) is 13.1. The summed E-state index contributed by atoms with van der Waals surface area (Å²) in [6, 6.07) is 8.88. The quantitative estimate of drug-likeness (QED) is 0.236. The molecule has 0 amide bonds. The Morgan fingerprint density at radius 3 is 2.57 bits per heavy atom. The molecule has 0 spiro atoms. The molecule has 158 valence electrons. The van der Waals surface area contributed by atoms with Crippen LogP contribution in [-0.4, -0.2) is 63.2 Å². The maximum absolute atomic E-state index is 4.68. The van der Waals surface area contributed by atoms with E-state index < -0.39 is 0 Å². The van der Waals surface area contributed by atoms with Gasteiger partial charge in [0, 0.05) is 51.5 Å². The number of nitrogens with one attached hydrogen (secondary N) is 2. The van der Waals surface area contributed by atoms with E-state index in [0.29, 0.717) is 0 Å². The number of aryl methyl sites for hydroxylation is 1. The van der Waals surface area contributed by atoms with Gasteiger partial charge in [-0.05, 0) is 69.7 Å². The molecule has 1 heterocycles. The van der Waals surface area contributed by atoms with Gasteiger partial charge >= 0.3 is 0 Å². The van der Waals surface area contributed by atoms with Gasteiger partial charge in [0.05, 0.1) is 0 Å². The van der Waals surface area contributed by atoms with Crippen LogP contribution in [0.5, 0.6) is 0 Å². The molecule has 28 heavy (non-hydrogen) atoms. The zero-order valence-electron chi connectivity index (χ0n) is 17.6. The third-order valence-corrected chi connectivity index (χ3v) is 5.48. The highest BCUT2D eigenvalue weighted by atomic mass is 127. The van der Waals surface area contributed by atoms with E-state index >= 15 is 0 Å². The van der Waals surface area contributed by atoms with Crippen molar-refractivity contribution in [3.05, 3.63) is 29.8 Å². The molecule has 1 saturated carbocycles. The molecule has 1 saturated heterocycles. The van der Waals surface area contributed by atoms with E-state index in [0.717, 1.165) is 44.6 Å². The molecule has 0 radical (unpaired) electrons. The van der Waals surface area contributed by atoms with E-state index in [1.807, 2.05) is 0 Å². The summed E-state index contributed by atoms with van der Waals surface area (Å²) in [5, 5.41) is 6.84. The van der Waals surface area contributed by atoms with Crippen molar-refractivity contribution < 1.29 is 0 Å². The summed E-state index contributed by atoms with van der Waals surface area (Å²) in [5.41, 5.74) is 2.72. The number of nitrogens with zero attached hydrogens (tertiary/aromatic N) is 3. The van der Waals surface area contributed by atoms with Crippen molar-refractivity contribution >= 4 is 35.6 Å². The van der Waals surface area contributed by atoms with Gasteiger partial charge in [-0.1, -0.05) is 12.1 Å². The standard InChI is InChI=1S/C22H37N5.HI/c1-3-23-22(25-18-20-9-10-20)24-11-4-5-12-26-13-15-27(16-14-26)21-8-6-7-19(2)17-21;/h6-8,17,20H,3-5,9-16,18H2,1-2H3,(H2,23,24,25);1H. The van der Waals surface area contributed by atoms with Crippen LogP contribution in [0.2, 0.25) is 0 Å². The number of rotatable bonds is 9. The van der Waals surface area contributed by atoms with Crippen LogP contribution in [0.1, 0.15) is 38.2 Å². The summed E-state index contributed by atoms with van der Waals surface area (Å²) < 4.78 is 0.